The van der Waals surface area contributed by atoms with Crippen molar-refractivity contribution in [2.75, 3.05) is 14.2 Å². The van der Waals surface area contributed by atoms with Gasteiger partial charge in [-0.05, 0) is 29.3 Å². The minimum atomic E-state index is 0.789. The molecule has 0 amide bonds. The lowest BCUT2D eigenvalue weighted by Gasteiger charge is -2.15. The zero-order chi connectivity index (χ0) is 16.2. The van der Waals surface area contributed by atoms with Crippen LogP contribution in [0.15, 0.2) is 71.2 Å². The second kappa shape index (κ2) is 6.88. The van der Waals surface area contributed by atoms with Gasteiger partial charge < -0.3 is 9.47 Å². The van der Waals surface area contributed by atoms with Crippen LogP contribution < -0.4 is 9.47 Å². The molecular formula is C20H17BrO2. The Labute approximate surface area is 144 Å². The quantitative estimate of drug-likeness (QED) is 0.579. The third-order valence-electron chi connectivity index (χ3n) is 3.77. The summed E-state index contributed by atoms with van der Waals surface area (Å²) >= 11 is 3.70. The molecule has 0 radical (unpaired) electrons. The fraction of sp³-hybridized carbons (Fsp3) is 0.100. The average molecular weight is 369 g/mol. The van der Waals surface area contributed by atoms with Gasteiger partial charge in [-0.25, -0.2) is 0 Å². The Balaban J connectivity index is 2.12. The second-order valence-electron chi connectivity index (χ2n) is 5.10. The fourth-order valence-corrected chi connectivity index (χ4v) is 3.22. The van der Waals surface area contributed by atoms with Crippen LogP contribution in [-0.4, -0.2) is 14.2 Å². The maximum Gasteiger partial charge on any atom is 0.130 e. The van der Waals surface area contributed by atoms with Gasteiger partial charge >= 0.3 is 0 Å². The van der Waals surface area contributed by atoms with E-state index < -0.39 is 0 Å². The summed E-state index contributed by atoms with van der Waals surface area (Å²) in [6.45, 7) is 0. The number of methoxy groups -OCH3 is 2. The molecule has 0 spiro atoms. The van der Waals surface area contributed by atoms with Crippen LogP contribution in [-0.2, 0) is 0 Å². The summed E-state index contributed by atoms with van der Waals surface area (Å²) in [5, 5.41) is 0. The van der Waals surface area contributed by atoms with Gasteiger partial charge in [-0.3, -0.25) is 0 Å². The van der Waals surface area contributed by atoms with Gasteiger partial charge in [0.25, 0.3) is 0 Å². The maximum atomic E-state index is 5.51. The molecular weight excluding hydrogens is 352 g/mol. The largest absolute Gasteiger partial charge is 0.496 e. The molecule has 3 rings (SSSR count). The van der Waals surface area contributed by atoms with Gasteiger partial charge in [0.2, 0.25) is 0 Å². The summed E-state index contributed by atoms with van der Waals surface area (Å²) in [5.74, 6) is 1.58. The highest BCUT2D eigenvalue weighted by molar-refractivity contribution is 9.10. The molecule has 0 saturated carbocycles. The Morgan fingerprint density at radius 2 is 1.35 bits per heavy atom. The van der Waals surface area contributed by atoms with Crippen molar-refractivity contribution in [1.29, 1.82) is 0 Å². The van der Waals surface area contributed by atoms with Crippen molar-refractivity contribution in [3.63, 3.8) is 0 Å². The second-order valence-corrected chi connectivity index (χ2v) is 5.95. The molecule has 0 N–H and O–H groups in total. The number of rotatable bonds is 4. The molecule has 0 aliphatic carbocycles. The highest BCUT2D eigenvalue weighted by Gasteiger charge is 2.15. The van der Waals surface area contributed by atoms with E-state index in [9.17, 15) is 0 Å². The average Bonchev–Trinajstić information content (AvgIpc) is 2.61. The predicted molar refractivity (Wildman–Crippen MR) is 98.1 cm³/mol. The van der Waals surface area contributed by atoms with Gasteiger partial charge in [0.05, 0.1) is 19.8 Å². The van der Waals surface area contributed by atoms with Crippen molar-refractivity contribution in [2.24, 2.45) is 0 Å². The predicted octanol–water partition coefficient (Wildman–Crippen LogP) is 5.80. The van der Waals surface area contributed by atoms with Gasteiger partial charge in [-0.1, -0.05) is 64.5 Å². The van der Waals surface area contributed by atoms with Crippen molar-refractivity contribution in [2.45, 2.75) is 0 Å². The van der Waals surface area contributed by atoms with Gasteiger partial charge in [0, 0.05) is 10.0 Å². The van der Waals surface area contributed by atoms with Crippen LogP contribution in [0.5, 0.6) is 11.5 Å². The van der Waals surface area contributed by atoms with Gasteiger partial charge in [-0.2, -0.15) is 0 Å². The van der Waals surface area contributed by atoms with Crippen molar-refractivity contribution >= 4 is 15.9 Å². The van der Waals surface area contributed by atoms with E-state index in [4.69, 9.17) is 9.47 Å². The van der Waals surface area contributed by atoms with Crippen LogP contribution in [0.25, 0.3) is 22.3 Å². The molecule has 0 aliphatic rings. The first kappa shape index (κ1) is 15.6. The van der Waals surface area contributed by atoms with Gasteiger partial charge in [-0.15, -0.1) is 0 Å². The zero-order valence-corrected chi connectivity index (χ0v) is 14.6. The first-order valence-electron chi connectivity index (χ1n) is 7.31. The minimum absolute atomic E-state index is 0.789. The third-order valence-corrected chi connectivity index (χ3v) is 4.43. The molecule has 0 heterocycles. The highest BCUT2D eigenvalue weighted by Crippen LogP contribution is 2.42. The number of ether oxygens (including phenoxy) is 2. The standard InChI is InChI=1S/C20H17BrO2/c1-22-18-9-6-10-19(23-2)20(18)16-12-11-15(13-17(16)21)14-7-4-3-5-8-14/h3-13H,1-2H3. The summed E-state index contributed by atoms with van der Waals surface area (Å²) in [6.07, 6.45) is 0. The molecule has 0 aromatic heterocycles. The Kier molecular flexibility index (Phi) is 4.68. The van der Waals surface area contributed by atoms with Crippen LogP contribution in [0.3, 0.4) is 0 Å². The lowest BCUT2D eigenvalue weighted by Crippen LogP contribution is -1.93. The Morgan fingerprint density at radius 1 is 0.696 bits per heavy atom. The molecule has 0 unspecified atom stereocenters. The first-order valence-corrected chi connectivity index (χ1v) is 8.10. The highest BCUT2D eigenvalue weighted by atomic mass is 79.9. The topological polar surface area (TPSA) is 18.5 Å². The van der Waals surface area contributed by atoms with Crippen molar-refractivity contribution in [3.05, 3.63) is 71.2 Å². The van der Waals surface area contributed by atoms with Crippen LogP contribution in [0, 0.1) is 0 Å². The minimum Gasteiger partial charge on any atom is -0.496 e. The summed E-state index contributed by atoms with van der Waals surface area (Å²) in [7, 11) is 3.34. The molecule has 3 aromatic carbocycles. The summed E-state index contributed by atoms with van der Waals surface area (Å²) in [5.41, 5.74) is 4.34. The van der Waals surface area contributed by atoms with E-state index >= 15 is 0 Å². The van der Waals surface area contributed by atoms with Crippen LogP contribution in [0.1, 0.15) is 0 Å². The van der Waals surface area contributed by atoms with E-state index in [-0.39, 0.29) is 0 Å². The van der Waals surface area contributed by atoms with E-state index in [0.717, 1.165) is 32.7 Å². The molecule has 0 atom stereocenters. The normalized spacial score (nSPS) is 10.4. The first-order chi connectivity index (χ1) is 11.2. The Bertz CT molecular complexity index is 791. The van der Waals surface area contributed by atoms with Gasteiger partial charge in [0.15, 0.2) is 0 Å². The summed E-state index contributed by atoms with van der Waals surface area (Å²) < 4.78 is 12.0. The Hall–Kier alpha value is -2.26. The molecule has 2 nitrogen and oxygen atoms in total. The molecule has 0 bridgehead atoms. The van der Waals surface area contributed by atoms with Crippen LogP contribution in [0.4, 0.5) is 0 Å². The number of halogens is 1. The molecule has 0 saturated heterocycles. The van der Waals surface area contributed by atoms with Crippen molar-refractivity contribution < 1.29 is 9.47 Å². The molecule has 3 aromatic rings. The van der Waals surface area contributed by atoms with Gasteiger partial charge in [0.1, 0.15) is 11.5 Å². The maximum absolute atomic E-state index is 5.51. The van der Waals surface area contributed by atoms with Crippen LogP contribution in [0.2, 0.25) is 0 Å². The summed E-state index contributed by atoms with van der Waals surface area (Å²) in [4.78, 5) is 0. The molecule has 3 heteroatoms. The monoisotopic (exact) mass is 368 g/mol. The van der Waals surface area contributed by atoms with E-state index in [1.807, 2.05) is 36.4 Å². The fourth-order valence-electron chi connectivity index (χ4n) is 2.64. The van der Waals surface area contributed by atoms with E-state index in [2.05, 4.69) is 46.3 Å². The number of benzene rings is 3. The van der Waals surface area contributed by atoms with Crippen LogP contribution >= 0.6 is 15.9 Å². The van der Waals surface area contributed by atoms with E-state index in [0.29, 0.717) is 0 Å². The van der Waals surface area contributed by atoms with E-state index in [1.165, 1.54) is 5.56 Å². The lowest BCUT2D eigenvalue weighted by molar-refractivity contribution is 0.397. The molecule has 116 valence electrons. The lowest BCUT2D eigenvalue weighted by atomic mass is 9.99. The number of hydrogen-bond donors (Lipinski definition) is 0. The SMILES string of the molecule is COc1cccc(OC)c1-c1ccc(-c2ccccc2)cc1Br. The molecule has 23 heavy (non-hydrogen) atoms. The number of hydrogen-bond acceptors (Lipinski definition) is 2. The third kappa shape index (κ3) is 3.10. The van der Waals surface area contributed by atoms with E-state index in [1.54, 1.807) is 14.2 Å². The van der Waals surface area contributed by atoms with Crippen molar-refractivity contribution in [3.8, 4) is 33.8 Å². The summed E-state index contributed by atoms with van der Waals surface area (Å²) in [6, 6.07) is 22.4. The Morgan fingerprint density at radius 3 is 1.91 bits per heavy atom. The van der Waals surface area contributed by atoms with Crippen molar-refractivity contribution in [1.82, 2.24) is 0 Å². The smallest absolute Gasteiger partial charge is 0.130 e. The molecule has 0 fully saturated rings. The molecule has 0 aliphatic heterocycles. The zero-order valence-electron chi connectivity index (χ0n) is 13.0.